The first-order valence-corrected chi connectivity index (χ1v) is 6.95. The molecule has 1 aromatic heterocycles. The maximum atomic E-state index is 11.4. The van der Waals surface area contributed by atoms with E-state index in [1.807, 2.05) is 31.2 Å². The summed E-state index contributed by atoms with van der Waals surface area (Å²) in [7, 11) is 0. The van der Waals surface area contributed by atoms with Crippen molar-refractivity contribution < 1.29 is 9.32 Å². The van der Waals surface area contributed by atoms with Crippen LogP contribution in [-0.4, -0.2) is 16.0 Å². The third kappa shape index (κ3) is 3.33. The summed E-state index contributed by atoms with van der Waals surface area (Å²) in [4.78, 5) is 15.7. The lowest BCUT2D eigenvalue weighted by atomic mass is 10.2. The Kier molecular flexibility index (Phi) is 4.68. The van der Waals surface area contributed by atoms with Crippen LogP contribution in [0.4, 0.5) is 0 Å². The summed E-state index contributed by atoms with van der Waals surface area (Å²) in [5.41, 5.74) is 0.822. The van der Waals surface area contributed by atoms with Crippen molar-refractivity contribution in [3.8, 4) is 11.5 Å². The largest absolute Gasteiger partial charge is 0.342 e. The molecule has 0 saturated carbocycles. The van der Waals surface area contributed by atoms with E-state index in [4.69, 9.17) is 4.52 Å². The quantitative estimate of drug-likeness (QED) is 0.851. The van der Waals surface area contributed by atoms with Crippen LogP contribution in [0.1, 0.15) is 25.2 Å². The van der Waals surface area contributed by atoms with Crippen molar-refractivity contribution in [1.82, 2.24) is 15.5 Å². The Morgan fingerprint density at radius 2 is 2.40 bits per heavy atom. The molecule has 1 atom stereocenters. The molecule has 2 aromatic rings. The average Bonchev–Trinajstić information content (AvgIpc) is 2.94. The van der Waals surface area contributed by atoms with E-state index in [1.54, 1.807) is 0 Å². The number of rotatable bonds is 5. The van der Waals surface area contributed by atoms with E-state index in [-0.39, 0.29) is 11.9 Å². The molecule has 1 heterocycles. The van der Waals surface area contributed by atoms with Crippen molar-refractivity contribution in [2.75, 3.05) is 0 Å². The zero-order chi connectivity index (χ0) is 14.5. The van der Waals surface area contributed by atoms with E-state index in [0.29, 0.717) is 18.1 Å². The molecule has 2 rings (SSSR count). The van der Waals surface area contributed by atoms with Gasteiger partial charge in [0.05, 0.1) is 6.04 Å². The fourth-order valence-corrected chi connectivity index (χ4v) is 2.09. The number of halogens is 1. The zero-order valence-electron chi connectivity index (χ0n) is 11.0. The summed E-state index contributed by atoms with van der Waals surface area (Å²) in [5, 5.41) is 6.69. The van der Waals surface area contributed by atoms with Gasteiger partial charge in [0.2, 0.25) is 5.91 Å². The van der Waals surface area contributed by atoms with Gasteiger partial charge in [-0.25, -0.2) is 0 Å². The van der Waals surface area contributed by atoms with Crippen molar-refractivity contribution in [3.63, 3.8) is 0 Å². The van der Waals surface area contributed by atoms with Gasteiger partial charge in [0.1, 0.15) is 0 Å². The van der Waals surface area contributed by atoms with Crippen LogP contribution in [0.2, 0.25) is 0 Å². The highest BCUT2D eigenvalue weighted by atomic mass is 79.9. The normalized spacial score (nSPS) is 11.9. The SMILES string of the molecule is C=CC(=O)N[C@H](CC)c1noc(-c2cccc(Br)c2)n1. The second-order valence-corrected chi connectivity index (χ2v) is 5.06. The van der Waals surface area contributed by atoms with Crippen LogP contribution >= 0.6 is 15.9 Å². The number of aromatic nitrogens is 2. The van der Waals surface area contributed by atoms with E-state index >= 15 is 0 Å². The first-order valence-electron chi connectivity index (χ1n) is 6.16. The average molecular weight is 336 g/mol. The van der Waals surface area contributed by atoms with Crippen molar-refractivity contribution in [3.05, 3.63) is 47.2 Å². The summed E-state index contributed by atoms with van der Waals surface area (Å²) in [6, 6.07) is 7.29. The Morgan fingerprint density at radius 3 is 3.05 bits per heavy atom. The fraction of sp³-hybridized carbons (Fsp3) is 0.214. The molecule has 0 aliphatic rings. The van der Waals surface area contributed by atoms with E-state index < -0.39 is 0 Å². The Bertz CT molecular complexity index is 624. The smallest absolute Gasteiger partial charge is 0.258 e. The summed E-state index contributed by atoms with van der Waals surface area (Å²) < 4.78 is 6.18. The molecule has 0 aliphatic carbocycles. The number of carbonyl (C=O) groups is 1. The van der Waals surface area contributed by atoms with E-state index in [1.165, 1.54) is 6.08 Å². The molecule has 0 radical (unpaired) electrons. The highest BCUT2D eigenvalue weighted by molar-refractivity contribution is 9.10. The van der Waals surface area contributed by atoms with Crippen LogP contribution in [0.25, 0.3) is 11.5 Å². The molecule has 0 aliphatic heterocycles. The van der Waals surface area contributed by atoms with Gasteiger partial charge in [-0.05, 0) is 30.7 Å². The molecule has 20 heavy (non-hydrogen) atoms. The molecule has 0 saturated heterocycles. The number of amides is 1. The van der Waals surface area contributed by atoms with Crippen molar-refractivity contribution in [2.45, 2.75) is 19.4 Å². The first-order chi connectivity index (χ1) is 9.63. The highest BCUT2D eigenvalue weighted by Gasteiger charge is 2.18. The number of benzene rings is 1. The van der Waals surface area contributed by atoms with Gasteiger partial charge in [0.15, 0.2) is 5.82 Å². The van der Waals surface area contributed by atoms with Gasteiger partial charge in [-0.15, -0.1) is 0 Å². The van der Waals surface area contributed by atoms with Gasteiger partial charge in [0.25, 0.3) is 5.89 Å². The van der Waals surface area contributed by atoms with Crippen molar-refractivity contribution in [1.29, 1.82) is 0 Å². The summed E-state index contributed by atoms with van der Waals surface area (Å²) in [6.07, 6.45) is 1.88. The standard InChI is InChI=1S/C14H14BrN3O2/c1-3-11(16-12(19)4-2)13-17-14(20-18-13)9-6-5-7-10(15)8-9/h4-8,11H,2-3H2,1H3,(H,16,19)/t11-/m1/s1. The van der Waals surface area contributed by atoms with Crippen LogP contribution in [0.5, 0.6) is 0 Å². The number of hydrogen-bond donors (Lipinski definition) is 1. The van der Waals surface area contributed by atoms with Gasteiger partial charge in [-0.1, -0.05) is 40.7 Å². The lowest BCUT2D eigenvalue weighted by molar-refractivity contribution is -0.117. The van der Waals surface area contributed by atoms with Crippen LogP contribution in [0, 0.1) is 0 Å². The third-order valence-corrected chi connectivity index (χ3v) is 3.23. The van der Waals surface area contributed by atoms with Gasteiger partial charge in [-0.3, -0.25) is 4.79 Å². The Hall–Kier alpha value is -1.95. The van der Waals surface area contributed by atoms with Crippen LogP contribution in [0.3, 0.4) is 0 Å². The van der Waals surface area contributed by atoms with E-state index in [9.17, 15) is 4.79 Å². The molecule has 104 valence electrons. The molecular formula is C14H14BrN3O2. The third-order valence-electron chi connectivity index (χ3n) is 2.74. The molecule has 1 amide bonds. The van der Waals surface area contributed by atoms with E-state index in [2.05, 4.69) is 38.0 Å². The molecule has 5 nitrogen and oxygen atoms in total. The van der Waals surface area contributed by atoms with Crippen LogP contribution < -0.4 is 5.32 Å². The molecule has 0 bridgehead atoms. The number of nitrogens with one attached hydrogen (secondary N) is 1. The predicted molar refractivity (Wildman–Crippen MR) is 78.8 cm³/mol. The summed E-state index contributed by atoms with van der Waals surface area (Å²) >= 11 is 3.39. The lowest BCUT2D eigenvalue weighted by Crippen LogP contribution is -2.27. The number of hydrogen-bond acceptors (Lipinski definition) is 4. The number of carbonyl (C=O) groups excluding carboxylic acids is 1. The highest BCUT2D eigenvalue weighted by Crippen LogP contribution is 2.23. The van der Waals surface area contributed by atoms with Crippen molar-refractivity contribution >= 4 is 21.8 Å². The van der Waals surface area contributed by atoms with Crippen LogP contribution in [-0.2, 0) is 4.79 Å². The Morgan fingerprint density at radius 1 is 1.60 bits per heavy atom. The topological polar surface area (TPSA) is 68.0 Å². The van der Waals surface area contributed by atoms with Crippen molar-refractivity contribution in [2.24, 2.45) is 0 Å². The lowest BCUT2D eigenvalue weighted by Gasteiger charge is -2.10. The fourth-order valence-electron chi connectivity index (χ4n) is 1.69. The molecule has 1 N–H and O–H groups in total. The minimum atomic E-state index is -0.287. The van der Waals surface area contributed by atoms with Gasteiger partial charge >= 0.3 is 0 Å². The molecule has 0 fully saturated rings. The molecule has 0 spiro atoms. The second kappa shape index (κ2) is 6.47. The Labute approximate surface area is 125 Å². The zero-order valence-corrected chi connectivity index (χ0v) is 12.6. The molecule has 0 unspecified atom stereocenters. The second-order valence-electron chi connectivity index (χ2n) is 4.14. The monoisotopic (exact) mass is 335 g/mol. The first kappa shape index (κ1) is 14.5. The predicted octanol–water partition coefficient (Wildman–Crippen LogP) is 3.25. The minimum Gasteiger partial charge on any atom is -0.342 e. The summed E-state index contributed by atoms with van der Waals surface area (Å²) in [6.45, 7) is 5.36. The summed E-state index contributed by atoms with van der Waals surface area (Å²) in [5.74, 6) is 0.621. The van der Waals surface area contributed by atoms with Gasteiger partial charge in [0, 0.05) is 10.0 Å². The molecular weight excluding hydrogens is 322 g/mol. The molecule has 1 aromatic carbocycles. The molecule has 6 heteroatoms. The van der Waals surface area contributed by atoms with E-state index in [0.717, 1.165) is 10.0 Å². The maximum Gasteiger partial charge on any atom is 0.258 e. The number of nitrogens with zero attached hydrogens (tertiary/aromatic N) is 2. The maximum absolute atomic E-state index is 11.4. The van der Waals surface area contributed by atoms with Gasteiger partial charge in [-0.2, -0.15) is 4.98 Å². The van der Waals surface area contributed by atoms with Crippen LogP contribution in [0.15, 0.2) is 45.9 Å². The Balaban J connectivity index is 2.23. The van der Waals surface area contributed by atoms with Gasteiger partial charge < -0.3 is 9.84 Å². The minimum absolute atomic E-state index is 0.259.